The molecular formula is C134H94N10OPt2-4. The molecule has 8 heterocycles. The molecule has 0 amide bonds. The molecule has 11 nitrogen and oxygen atoms in total. The molecule has 0 saturated heterocycles. The second-order valence-corrected chi connectivity index (χ2v) is 37.7. The Balaban J connectivity index is 0.000000171. The number of para-hydroxylation sites is 12. The number of nitrogens with zero attached hydrogens (tertiary/aromatic N) is 10. The van der Waals surface area contributed by atoms with Crippen molar-refractivity contribution in [2.24, 2.45) is 0 Å². The molecule has 8 aromatic heterocycles. The minimum atomic E-state index is -0.577. The summed E-state index contributed by atoms with van der Waals surface area (Å²) in [6, 6.07) is 112. The van der Waals surface area contributed by atoms with Gasteiger partial charge < -0.3 is 31.8 Å². The van der Waals surface area contributed by atoms with Gasteiger partial charge in [-0.2, -0.15) is 48.5 Å². The molecule has 0 N–H and O–H groups in total. The van der Waals surface area contributed by atoms with Crippen molar-refractivity contribution in [2.75, 3.05) is 0 Å². The van der Waals surface area contributed by atoms with E-state index in [4.69, 9.17) is 36.3 Å². The molecule has 147 heavy (non-hydrogen) atoms. The normalized spacial score (nSPS) is 13.7. The summed E-state index contributed by atoms with van der Waals surface area (Å²) >= 11 is 0. The van der Waals surface area contributed by atoms with Crippen LogP contribution in [-0.4, -0.2) is 37.4 Å². The fourth-order valence-electron chi connectivity index (χ4n) is 20.4. The number of imidazole rings is 2. The second kappa shape index (κ2) is 37.8. The molecule has 0 unspecified atom stereocenters. The topological polar surface area (TPSA) is 76.3 Å². The molecule has 710 valence electrons. The van der Waals surface area contributed by atoms with Gasteiger partial charge in [0.15, 0.2) is 5.58 Å². The number of fused-ring (bicyclic) bond motifs is 19. The monoisotopic (exact) mass is 2270 g/mol. The molecular weight excluding hydrogens is 2160 g/mol. The van der Waals surface area contributed by atoms with Crippen LogP contribution in [0.1, 0.15) is 80.1 Å². The number of benzene rings is 19. The maximum Gasteiger partial charge on any atom is 0.268 e. The van der Waals surface area contributed by atoms with Crippen LogP contribution in [0, 0.1) is 36.9 Å². The standard InChI is InChI=1S/C70H49N5.C64H45N5O.2Pt/c1-70(2,3)49-40-41-71-68(42-49)75-63-37-17-15-33-59(63)61-44-60-57-31-13-11-29-55(57)54-28-10-12-30-56(54)58-32-14-16-36-62(58)74(66(60)45-67(61)75)51-27-20-26-50(43-51)72-46-73(65-39-19-18-38-64(65)72)69-52(47-22-6-4-7-23-47)34-21-35-53(69)48-24-8-5-9-25-48;1-64(2,3)45-36-37-65-62(38-45)69-54-30-12-10-26-50(54)52-40-53-51-27-11-16-34-60(51)70-61-35-17-15-33-57(61)68(58(53)41-59(52)69)47-25-18-24-46(39-47)66-42-67(56-32-14-13-31-55(56)66)63-48(43-20-6-4-7-21-43)28-19-29-49(63)44-22-8-5-9-23-44;;/h4-42,44H,1-3H3;4-38,40H,1-3H3;;/q2*-2;;/i4D,5D,6D,7D,8D,9D,22D,23D,24D,25D;4D,5D,6D,7D,8D,9D,20D,21D,22D,23D;;. The van der Waals surface area contributed by atoms with Crippen LogP contribution < -0.4 is 9.13 Å². The van der Waals surface area contributed by atoms with Crippen LogP contribution in [0.15, 0.2) is 465 Å². The van der Waals surface area contributed by atoms with Crippen LogP contribution in [-0.2, 0) is 53.0 Å². The van der Waals surface area contributed by atoms with Crippen LogP contribution in [0.5, 0.6) is 0 Å². The van der Waals surface area contributed by atoms with E-state index in [0.29, 0.717) is 67.0 Å². The van der Waals surface area contributed by atoms with Gasteiger partial charge in [0, 0.05) is 76.5 Å². The quantitative estimate of drug-likeness (QED) is 0.0903. The van der Waals surface area contributed by atoms with Crippen LogP contribution in [0.4, 0.5) is 0 Å². The number of rotatable bonds is 12. The first kappa shape index (κ1) is 72.1. The van der Waals surface area contributed by atoms with Gasteiger partial charge in [-0.25, -0.2) is 9.97 Å². The summed E-state index contributed by atoms with van der Waals surface area (Å²) in [5.41, 5.74) is 14.7. The summed E-state index contributed by atoms with van der Waals surface area (Å²) in [6.07, 6.45) is 10.8. The van der Waals surface area contributed by atoms with Crippen molar-refractivity contribution in [1.82, 2.24) is 37.4 Å². The SMILES string of the molecule is [2H]c1c([2H])c([2H])c(-c2cccc(-c3c([2H])c([2H])c([2H])c([2H])c3[2H])c2-[n+]2[c-]n(-c3[c-]c(-n4c5[c-]c6c(cc5c5ccccc5c5ccccc5c5ccccc54)c4ccccc4n6-c4cc(C(C)(C)C)ccn4)ccc3)c3ccccc32)c([2H])c1[2H].[2H]c1c([2H])c([2H])c(-c2cccc(-c3c([2H])c([2H])c([2H])c([2H])c3[2H])c2-[n+]2[c-]n(-c3[c-]c(-n4c5[c-]c6c(cc5c5ccccc5oc5ccccc54)c4ccccc4n6-c4cc(C(C)(C)C)ccn4)ccc3)c3ccccc32)c([2H])c1[2H].[Pt].[Pt]. The predicted molar refractivity (Wildman–Crippen MR) is 595 cm³/mol. The average molecular weight is 2270 g/mol. The third kappa shape index (κ3) is 16.2. The van der Waals surface area contributed by atoms with E-state index in [1.165, 1.54) is 0 Å². The fourth-order valence-corrected chi connectivity index (χ4v) is 20.4. The van der Waals surface area contributed by atoms with Crippen molar-refractivity contribution in [1.29, 1.82) is 0 Å². The molecule has 0 aliphatic carbocycles. The Morgan fingerprint density at radius 2 is 0.551 bits per heavy atom. The maximum atomic E-state index is 9.23. The Morgan fingerprint density at radius 1 is 0.259 bits per heavy atom. The summed E-state index contributed by atoms with van der Waals surface area (Å²) in [5.74, 6) is 1.51. The van der Waals surface area contributed by atoms with E-state index >= 15 is 0 Å². The fraction of sp³-hybridized carbons (Fsp3) is 0.0597. The molecule has 19 aromatic carbocycles. The van der Waals surface area contributed by atoms with E-state index in [1.807, 2.05) is 169 Å². The molecule has 27 aromatic rings. The molecule has 0 aliphatic rings. The van der Waals surface area contributed by atoms with E-state index in [-0.39, 0.29) is 109 Å². The van der Waals surface area contributed by atoms with E-state index in [9.17, 15) is 5.48 Å². The Labute approximate surface area is 908 Å². The van der Waals surface area contributed by atoms with Gasteiger partial charge in [0.1, 0.15) is 17.2 Å². The van der Waals surface area contributed by atoms with Crippen molar-refractivity contribution in [3.05, 3.63) is 509 Å². The van der Waals surface area contributed by atoms with E-state index in [0.717, 1.165) is 120 Å². The number of aromatic nitrogens is 10. The summed E-state index contributed by atoms with van der Waals surface area (Å²) < 4.78 is 200. The number of hydrogen-bond donors (Lipinski definition) is 0. The Morgan fingerprint density at radius 3 is 0.959 bits per heavy atom. The van der Waals surface area contributed by atoms with E-state index in [2.05, 4.69) is 236 Å². The molecule has 0 spiro atoms. The van der Waals surface area contributed by atoms with Gasteiger partial charge in [-0.1, -0.05) is 425 Å². The van der Waals surface area contributed by atoms with Crippen molar-refractivity contribution in [3.8, 4) is 90.3 Å². The van der Waals surface area contributed by atoms with Gasteiger partial charge in [0.05, 0.1) is 66.4 Å². The van der Waals surface area contributed by atoms with Crippen LogP contribution in [0.25, 0.3) is 232 Å². The Hall–Kier alpha value is -17.2. The summed E-state index contributed by atoms with van der Waals surface area (Å²) in [4.78, 5) is 10.0. The molecule has 27 rings (SSSR count). The zero-order valence-electron chi connectivity index (χ0n) is 99.8. The third-order valence-corrected chi connectivity index (χ3v) is 27.1. The zero-order valence-corrected chi connectivity index (χ0v) is 84.4. The van der Waals surface area contributed by atoms with Crippen LogP contribution in [0.3, 0.4) is 0 Å². The number of hydrogen-bond acceptors (Lipinski definition) is 3. The van der Waals surface area contributed by atoms with Gasteiger partial charge in [-0.3, -0.25) is 9.13 Å². The maximum absolute atomic E-state index is 9.23. The van der Waals surface area contributed by atoms with Gasteiger partial charge in [-0.05, 0) is 171 Å². The summed E-state index contributed by atoms with van der Waals surface area (Å²) in [5, 5.41) is 11.8. The smallest absolute Gasteiger partial charge is 0.268 e. The first-order valence-corrected chi connectivity index (χ1v) is 47.7. The van der Waals surface area contributed by atoms with Gasteiger partial charge >= 0.3 is 0 Å². The minimum absolute atomic E-state index is 0. The van der Waals surface area contributed by atoms with Crippen LogP contribution >= 0.6 is 0 Å². The minimum Gasteiger partial charge on any atom is -0.456 e. The van der Waals surface area contributed by atoms with Crippen LogP contribution in [0.2, 0.25) is 0 Å². The summed E-state index contributed by atoms with van der Waals surface area (Å²) in [6.45, 7) is 13.2. The molecule has 0 fully saturated rings. The largest absolute Gasteiger partial charge is 0.456 e. The van der Waals surface area contributed by atoms with Crippen molar-refractivity contribution < 1.29 is 83.1 Å². The Bertz CT molecular complexity index is 11100. The first-order chi connectivity index (χ1) is 79.5. The van der Waals surface area contributed by atoms with Gasteiger partial charge in [0.2, 0.25) is 0 Å². The first-order valence-electron chi connectivity index (χ1n) is 57.7. The third-order valence-electron chi connectivity index (χ3n) is 27.1. The molecule has 0 radical (unpaired) electrons. The van der Waals surface area contributed by atoms with E-state index < -0.39 is 121 Å². The van der Waals surface area contributed by atoms with Crippen molar-refractivity contribution in [3.63, 3.8) is 0 Å². The van der Waals surface area contributed by atoms with Gasteiger partial charge in [0.25, 0.3) is 12.7 Å². The number of pyridine rings is 2. The van der Waals surface area contributed by atoms with Crippen molar-refractivity contribution in [2.45, 2.75) is 52.4 Å². The molecule has 13 heteroatoms. The summed E-state index contributed by atoms with van der Waals surface area (Å²) in [7, 11) is 0. The van der Waals surface area contributed by atoms with Gasteiger partial charge in [-0.15, -0.1) is 40.4 Å². The predicted octanol–water partition coefficient (Wildman–Crippen LogP) is 32.4. The molecule has 0 bridgehead atoms. The molecule has 0 atom stereocenters. The Kier molecular flexibility index (Phi) is 18.6. The van der Waals surface area contributed by atoms with Crippen molar-refractivity contribution >= 4 is 142 Å². The zero-order chi connectivity index (χ0) is 115. The molecule has 0 saturated carbocycles. The average Bonchev–Trinajstić information content (AvgIpc) is 1.53. The van der Waals surface area contributed by atoms with E-state index in [1.54, 1.807) is 50.1 Å². The second-order valence-electron chi connectivity index (χ2n) is 37.7. The molecule has 0 aliphatic heterocycles.